The van der Waals surface area contributed by atoms with Gasteiger partial charge in [0.05, 0.1) is 19.9 Å². The number of sulfonamides is 1. The van der Waals surface area contributed by atoms with Gasteiger partial charge in [-0.25, -0.2) is 8.42 Å². The van der Waals surface area contributed by atoms with Crippen LogP contribution in [0.2, 0.25) is 0 Å². The summed E-state index contributed by atoms with van der Waals surface area (Å²) >= 11 is 0. The highest BCUT2D eigenvalue weighted by molar-refractivity contribution is 7.92. The maximum Gasteiger partial charge on any atom is 0.265 e. The van der Waals surface area contributed by atoms with Gasteiger partial charge in [0.25, 0.3) is 10.0 Å². The Morgan fingerprint density at radius 3 is 2.58 bits per heavy atom. The van der Waals surface area contributed by atoms with Gasteiger partial charge in [-0.15, -0.1) is 0 Å². The zero-order valence-electron chi connectivity index (χ0n) is 13.9. The Morgan fingerprint density at radius 2 is 1.88 bits per heavy atom. The molecule has 0 bridgehead atoms. The van der Waals surface area contributed by atoms with Crippen molar-refractivity contribution < 1.29 is 17.9 Å². The average Bonchev–Trinajstić information content (AvgIpc) is 2.94. The lowest BCUT2D eigenvalue weighted by molar-refractivity contribution is 0.386. The number of ether oxygens (including phenoxy) is 2. The van der Waals surface area contributed by atoms with E-state index in [2.05, 4.69) is 9.62 Å². The van der Waals surface area contributed by atoms with Crippen LogP contribution in [0.3, 0.4) is 0 Å². The van der Waals surface area contributed by atoms with Crippen molar-refractivity contribution in [3.8, 4) is 11.5 Å². The molecule has 128 valence electrons. The smallest absolute Gasteiger partial charge is 0.265 e. The minimum Gasteiger partial charge on any atom is -0.497 e. The lowest BCUT2D eigenvalue weighted by atomic mass is 10.1. The molecule has 1 aliphatic heterocycles. The van der Waals surface area contributed by atoms with Crippen molar-refractivity contribution in [1.29, 1.82) is 0 Å². The van der Waals surface area contributed by atoms with Crippen molar-refractivity contribution in [3.63, 3.8) is 0 Å². The summed E-state index contributed by atoms with van der Waals surface area (Å²) in [6.07, 6.45) is 0.977. The molecule has 3 rings (SSSR count). The van der Waals surface area contributed by atoms with Gasteiger partial charge in [-0.3, -0.25) is 4.72 Å². The molecule has 2 aromatic rings. The van der Waals surface area contributed by atoms with Crippen molar-refractivity contribution >= 4 is 21.4 Å². The van der Waals surface area contributed by atoms with E-state index in [1.165, 1.54) is 25.8 Å². The van der Waals surface area contributed by atoms with Gasteiger partial charge in [-0.1, -0.05) is 6.07 Å². The number of methoxy groups -OCH3 is 2. The lowest BCUT2D eigenvalue weighted by Gasteiger charge is -2.15. The van der Waals surface area contributed by atoms with E-state index in [1.807, 2.05) is 19.2 Å². The van der Waals surface area contributed by atoms with Gasteiger partial charge in [0.1, 0.15) is 16.4 Å². The molecule has 6 nitrogen and oxygen atoms in total. The number of rotatable bonds is 5. The van der Waals surface area contributed by atoms with Gasteiger partial charge in [-0.05, 0) is 36.2 Å². The van der Waals surface area contributed by atoms with E-state index in [0.29, 0.717) is 11.4 Å². The molecule has 0 aliphatic carbocycles. The maximum atomic E-state index is 12.7. The highest BCUT2D eigenvalue weighted by atomic mass is 32.2. The molecule has 0 spiro atoms. The molecule has 2 aromatic carbocycles. The Labute approximate surface area is 142 Å². The topological polar surface area (TPSA) is 67.9 Å². The van der Waals surface area contributed by atoms with Crippen LogP contribution >= 0.6 is 0 Å². The van der Waals surface area contributed by atoms with E-state index in [-0.39, 0.29) is 10.6 Å². The summed E-state index contributed by atoms with van der Waals surface area (Å²) in [7, 11) is 1.18. The first kappa shape index (κ1) is 16.4. The predicted octanol–water partition coefficient (Wildman–Crippen LogP) is 2.50. The molecule has 0 amide bonds. The second kappa shape index (κ2) is 6.24. The van der Waals surface area contributed by atoms with Crippen LogP contribution in [-0.4, -0.2) is 36.2 Å². The number of likely N-dealkylation sites (N-methyl/N-ethyl adjacent to an activating group) is 1. The summed E-state index contributed by atoms with van der Waals surface area (Å²) in [4.78, 5) is 2.18. The molecule has 24 heavy (non-hydrogen) atoms. The zero-order chi connectivity index (χ0) is 17.3. The van der Waals surface area contributed by atoms with Crippen molar-refractivity contribution in [2.75, 3.05) is 37.4 Å². The molecule has 1 aliphatic rings. The van der Waals surface area contributed by atoms with Crippen LogP contribution < -0.4 is 19.1 Å². The molecule has 0 saturated carbocycles. The van der Waals surface area contributed by atoms with Crippen LogP contribution in [0.5, 0.6) is 11.5 Å². The number of anilines is 2. The third-order valence-electron chi connectivity index (χ3n) is 4.13. The van der Waals surface area contributed by atoms with E-state index in [9.17, 15) is 8.42 Å². The maximum absolute atomic E-state index is 12.7. The van der Waals surface area contributed by atoms with Crippen molar-refractivity contribution in [1.82, 2.24) is 0 Å². The van der Waals surface area contributed by atoms with E-state index >= 15 is 0 Å². The fraction of sp³-hybridized carbons (Fsp3) is 0.294. The zero-order valence-corrected chi connectivity index (χ0v) is 14.7. The van der Waals surface area contributed by atoms with Crippen molar-refractivity contribution in [2.45, 2.75) is 11.3 Å². The summed E-state index contributed by atoms with van der Waals surface area (Å²) in [6, 6.07) is 10.2. The van der Waals surface area contributed by atoms with E-state index < -0.39 is 10.0 Å². The van der Waals surface area contributed by atoms with Crippen LogP contribution in [-0.2, 0) is 16.4 Å². The molecule has 7 heteroatoms. The number of benzene rings is 2. The standard InChI is InChI=1S/C17H20N2O4S/c1-19-9-8-12-4-5-13(10-15(12)19)18-24(20,21)17-7-6-14(22-2)11-16(17)23-3/h4-7,10-11,18H,8-9H2,1-3H3. The Kier molecular flexibility index (Phi) is 4.28. The molecule has 0 fully saturated rings. The van der Waals surface area contributed by atoms with Crippen LogP contribution in [0.4, 0.5) is 11.4 Å². The third-order valence-corrected chi connectivity index (χ3v) is 5.55. The summed E-state index contributed by atoms with van der Waals surface area (Å²) in [5, 5.41) is 0. The Bertz CT molecular complexity index is 865. The predicted molar refractivity (Wildman–Crippen MR) is 93.8 cm³/mol. The number of hydrogen-bond acceptors (Lipinski definition) is 5. The second-order valence-electron chi connectivity index (χ2n) is 5.64. The molecule has 1 N–H and O–H groups in total. The van der Waals surface area contributed by atoms with Gasteiger partial charge in [0, 0.05) is 25.3 Å². The minimum absolute atomic E-state index is 0.0691. The number of fused-ring (bicyclic) bond motifs is 1. The molecular weight excluding hydrogens is 328 g/mol. The summed E-state index contributed by atoms with van der Waals surface area (Å²) in [5.74, 6) is 0.769. The largest absolute Gasteiger partial charge is 0.497 e. The molecule has 1 heterocycles. The number of nitrogens with one attached hydrogen (secondary N) is 1. The molecule has 0 atom stereocenters. The van der Waals surface area contributed by atoms with E-state index in [4.69, 9.17) is 9.47 Å². The van der Waals surface area contributed by atoms with E-state index in [0.717, 1.165) is 18.7 Å². The van der Waals surface area contributed by atoms with Crippen molar-refractivity contribution in [2.24, 2.45) is 0 Å². The molecule has 0 aromatic heterocycles. The number of hydrogen-bond donors (Lipinski definition) is 1. The van der Waals surface area contributed by atoms with Crippen LogP contribution in [0.1, 0.15) is 5.56 Å². The Morgan fingerprint density at radius 1 is 1.08 bits per heavy atom. The molecular formula is C17H20N2O4S. The summed E-state index contributed by atoms with van der Waals surface area (Å²) in [5.41, 5.74) is 2.81. The van der Waals surface area contributed by atoms with Crippen molar-refractivity contribution in [3.05, 3.63) is 42.0 Å². The normalized spacial score (nSPS) is 13.5. The SMILES string of the molecule is COc1ccc(S(=O)(=O)Nc2ccc3c(c2)N(C)CC3)c(OC)c1. The summed E-state index contributed by atoms with van der Waals surface area (Å²) < 4.78 is 38.4. The fourth-order valence-corrected chi connectivity index (χ4v) is 4.01. The first-order valence-electron chi connectivity index (χ1n) is 7.53. The monoisotopic (exact) mass is 348 g/mol. The van der Waals surface area contributed by atoms with Crippen LogP contribution in [0, 0.1) is 0 Å². The third kappa shape index (κ3) is 2.99. The first-order chi connectivity index (χ1) is 11.4. The highest BCUT2D eigenvalue weighted by Crippen LogP contribution is 2.33. The van der Waals surface area contributed by atoms with Gasteiger partial charge >= 0.3 is 0 Å². The van der Waals surface area contributed by atoms with E-state index in [1.54, 1.807) is 18.2 Å². The highest BCUT2D eigenvalue weighted by Gasteiger charge is 2.22. The van der Waals surface area contributed by atoms with Crippen LogP contribution in [0.15, 0.2) is 41.3 Å². The fourth-order valence-electron chi connectivity index (χ4n) is 2.81. The van der Waals surface area contributed by atoms with Gasteiger partial charge < -0.3 is 14.4 Å². The summed E-state index contributed by atoms with van der Waals surface area (Å²) in [6.45, 7) is 0.942. The minimum atomic E-state index is -3.77. The molecule has 0 unspecified atom stereocenters. The first-order valence-corrected chi connectivity index (χ1v) is 9.02. The number of nitrogens with zero attached hydrogens (tertiary/aromatic N) is 1. The van der Waals surface area contributed by atoms with Crippen LogP contribution in [0.25, 0.3) is 0 Å². The average molecular weight is 348 g/mol. The molecule has 0 radical (unpaired) electrons. The van der Waals surface area contributed by atoms with Gasteiger partial charge in [0.15, 0.2) is 0 Å². The Hall–Kier alpha value is -2.41. The molecule has 0 saturated heterocycles. The second-order valence-corrected chi connectivity index (χ2v) is 7.29. The quantitative estimate of drug-likeness (QED) is 0.899. The van der Waals surface area contributed by atoms with Gasteiger partial charge in [-0.2, -0.15) is 0 Å². The van der Waals surface area contributed by atoms with Gasteiger partial charge in [0.2, 0.25) is 0 Å². The Balaban J connectivity index is 1.94. The lowest BCUT2D eigenvalue weighted by Crippen LogP contribution is -2.15.